The number of hydrogen-bond donors (Lipinski definition) is 3. The van der Waals surface area contributed by atoms with Crippen molar-refractivity contribution >= 4 is 29.0 Å². The van der Waals surface area contributed by atoms with Gasteiger partial charge < -0.3 is 16.0 Å². The summed E-state index contributed by atoms with van der Waals surface area (Å²) in [6, 6.07) is 25.9. The number of nitrogens with one attached hydrogen (secondary N) is 3. The van der Waals surface area contributed by atoms with Crippen molar-refractivity contribution in [3.8, 4) is 0 Å². The fourth-order valence-electron chi connectivity index (χ4n) is 2.85. The lowest BCUT2D eigenvalue weighted by Crippen LogP contribution is -2.29. The minimum atomic E-state index is -0.324. The first-order valence-electron chi connectivity index (χ1n) is 9.34. The second-order valence-electron chi connectivity index (χ2n) is 6.73. The third-order valence-electron chi connectivity index (χ3n) is 4.17. The van der Waals surface area contributed by atoms with Gasteiger partial charge in [0, 0.05) is 23.6 Å². The molecule has 0 aromatic heterocycles. The number of carbonyl (C=O) groups excluding carboxylic acids is 2. The zero-order valence-electron chi connectivity index (χ0n) is 16.3. The van der Waals surface area contributed by atoms with Crippen LogP contribution in [0.3, 0.4) is 0 Å². The van der Waals surface area contributed by atoms with Crippen LogP contribution in [0.15, 0.2) is 84.9 Å². The average molecular weight is 388 g/mol. The predicted molar refractivity (Wildman–Crippen MR) is 117 cm³/mol. The molecule has 0 heterocycles. The lowest BCUT2D eigenvalue weighted by molar-refractivity contribution is -0.117. The molecule has 6 nitrogen and oxygen atoms in total. The molecule has 0 aliphatic heterocycles. The topological polar surface area (TPSA) is 73.5 Å². The molecule has 3 rings (SSSR count). The minimum absolute atomic E-state index is 0.0917. The fraction of sp³-hybridized carbons (Fsp3) is 0.130. The number of hydrogen-bond acceptors (Lipinski definition) is 3. The summed E-state index contributed by atoms with van der Waals surface area (Å²) in [7, 11) is 1.91. The molecule has 0 saturated carbocycles. The maximum absolute atomic E-state index is 12.2. The quantitative estimate of drug-likeness (QED) is 0.562. The molecule has 0 atom stereocenters. The first-order chi connectivity index (χ1) is 14.1. The van der Waals surface area contributed by atoms with Crippen LogP contribution in [-0.2, 0) is 11.3 Å². The van der Waals surface area contributed by atoms with Gasteiger partial charge in [-0.2, -0.15) is 0 Å². The Labute approximate surface area is 170 Å². The molecule has 3 aromatic carbocycles. The molecule has 0 bridgehead atoms. The molecular weight excluding hydrogens is 364 g/mol. The van der Waals surface area contributed by atoms with E-state index in [0.29, 0.717) is 23.6 Å². The summed E-state index contributed by atoms with van der Waals surface area (Å²) in [6.07, 6.45) is 0. The Balaban J connectivity index is 1.45. The van der Waals surface area contributed by atoms with E-state index in [1.54, 1.807) is 24.3 Å². The van der Waals surface area contributed by atoms with E-state index in [0.717, 1.165) is 5.56 Å². The van der Waals surface area contributed by atoms with E-state index in [1.165, 1.54) is 0 Å². The third-order valence-corrected chi connectivity index (χ3v) is 4.17. The molecule has 0 unspecified atom stereocenters. The van der Waals surface area contributed by atoms with Crippen molar-refractivity contribution in [2.75, 3.05) is 29.5 Å². The van der Waals surface area contributed by atoms with E-state index in [1.807, 2.05) is 72.6 Å². The normalized spacial score (nSPS) is 10.4. The molecule has 0 radical (unpaired) electrons. The number of amides is 3. The summed E-state index contributed by atoms with van der Waals surface area (Å²) in [5, 5.41) is 8.38. The van der Waals surface area contributed by atoms with Crippen molar-refractivity contribution in [3.05, 3.63) is 90.5 Å². The molecule has 3 aromatic rings. The Morgan fingerprint density at radius 3 is 1.76 bits per heavy atom. The zero-order valence-corrected chi connectivity index (χ0v) is 16.3. The van der Waals surface area contributed by atoms with Gasteiger partial charge in [0.05, 0.1) is 6.54 Å². The summed E-state index contributed by atoms with van der Waals surface area (Å²) in [5.74, 6) is -0.0917. The number of rotatable bonds is 7. The number of para-hydroxylation sites is 1. The first-order valence-corrected chi connectivity index (χ1v) is 9.34. The van der Waals surface area contributed by atoms with Gasteiger partial charge in [0.25, 0.3) is 0 Å². The van der Waals surface area contributed by atoms with Gasteiger partial charge in [-0.25, -0.2) is 4.79 Å². The Morgan fingerprint density at radius 1 is 0.690 bits per heavy atom. The number of benzene rings is 3. The number of anilines is 3. The largest absolute Gasteiger partial charge is 0.325 e. The van der Waals surface area contributed by atoms with Crippen molar-refractivity contribution < 1.29 is 9.59 Å². The molecule has 0 saturated heterocycles. The molecule has 6 heteroatoms. The van der Waals surface area contributed by atoms with Gasteiger partial charge in [-0.05, 0) is 49.0 Å². The van der Waals surface area contributed by atoms with Crippen LogP contribution >= 0.6 is 0 Å². The standard InChI is InChI=1S/C23H24N4O2/c1-27(16-18-8-4-2-5-9-18)17-22(28)24-20-12-14-21(15-13-20)26-23(29)25-19-10-6-3-7-11-19/h2-15H,16-17H2,1H3,(H,24,28)(H2,25,26,29). The molecule has 0 aliphatic carbocycles. The van der Waals surface area contributed by atoms with Gasteiger partial charge >= 0.3 is 6.03 Å². The van der Waals surface area contributed by atoms with Crippen LogP contribution in [-0.4, -0.2) is 30.4 Å². The highest BCUT2D eigenvalue weighted by atomic mass is 16.2. The van der Waals surface area contributed by atoms with Crippen LogP contribution in [0.25, 0.3) is 0 Å². The van der Waals surface area contributed by atoms with Gasteiger partial charge in [0.1, 0.15) is 0 Å². The van der Waals surface area contributed by atoms with Crippen LogP contribution in [0, 0.1) is 0 Å². The number of likely N-dealkylation sites (N-methyl/N-ethyl adjacent to an activating group) is 1. The molecule has 0 spiro atoms. The van der Waals surface area contributed by atoms with Crippen molar-refractivity contribution in [2.45, 2.75) is 6.54 Å². The molecule has 3 N–H and O–H groups in total. The second-order valence-corrected chi connectivity index (χ2v) is 6.73. The SMILES string of the molecule is CN(CC(=O)Nc1ccc(NC(=O)Nc2ccccc2)cc1)Cc1ccccc1. The first kappa shape index (κ1) is 20.1. The highest BCUT2D eigenvalue weighted by Crippen LogP contribution is 2.14. The van der Waals surface area contributed by atoms with Crippen molar-refractivity contribution in [2.24, 2.45) is 0 Å². The Morgan fingerprint density at radius 2 is 1.17 bits per heavy atom. The highest BCUT2D eigenvalue weighted by molar-refractivity contribution is 6.00. The molecule has 3 amide bonds. The van der Waals surface area contributed by atoms with Gasteiger partial charge in [-0.1, -0.05) is 48.5 Å². The number of nitrogens with zero attached hydrogens (tertiary/aromatic N) is 1. The van der Waals surface area contributed by atoms with Gasteiger partial charge in [0.2, 0.25) is 5.91 Å². The van der Waals surface area contributed by atoms with E-state index in [2.05, 4.69) is 16.0 Å². The molecule has 0 fully saturated rings. The molecule has 148 valence electrons. The second kappa shape index (κ2) is 10.1. The third kappa shape index (κ3) is 6.79. The Kier molecular flexibility index (Phi) is 6.97. The van der Waals surface area contributed by atoms with Crippen molar-refractivity contribution in [3.63, 3.8) is 0 Å². The summed E-state index contributed by atoms with van der Waals surface area (Å²) in [6.45, 7) is 0.988. The molecule has 29 heavy (non-hydrogen) atoms. The van der Waals surface area contributed by atoms with Crippen LogP contribution in [0.1, 0.15) is 5.56 Å². The number of carbonyl (C=O) groups is 2. The van der Waals surface area contributed by atoms with Crippen LogP contribution in [0.4, 0.5) is 21.9 Å². The van der Waals surface area contributed by atoms with E-state index in [9.17, 15) is 9.59 Å². The predicted octanol–water partition coefficient (Wildman–Crippen LogP) is 4.40. The summed E-state index contributed by atoms with van der Waals surface area (Å²) in [5.41, 5.74) is 3.19. The fourth-order valence-corrected chi connectivity index (χ4v) is 2.85. The minimum Gasteiger partial charge on any atom is -0.325 e. The van der Waals surface area contributed by atoms with Crippen LogP contribution < -0.4 is 16.0 Å². The lowest BCUT2D eigenvalue weighted by atomic mass is 10.2. The van der Waals surface area contributed by atoms with E-state index < -0.39 is 0 Å². The lowest BCUT2D eigenvalue weighted by Gasteiger charge is -2.16. The monoisotopic (exact) mass is 388 g/mol. The highest BCUT2D eigenvalue weighted by Gasteiger charge is 2.08. The summed E-state index contributed by atoms with van der Waals surface area (Å²) in [4.78, 5) is 26.2. The average Bonchev–Trinajstić information content (AvgIpc) is 2.71. The molecular formula is C23H24N4O2. The number of urea groups is 1. The summed E-state index contributed by atoms with van der Waals surface area (Å²) < 4.78 is 0. The van der Waals surface area contributed by atoms with Crippen LogP contribution in [0.2, 0.25) is 0 Å². The molecule has 0 aliphatic rings. The van der Waals surface area contributed by atoms with E-state index in [4.69, 9.17) is 0 Å². The van der Waals surface area contributed by atoms with Gasteiger partial charge in [0.15, 0.2) is 0 Å². The van der Waals surface area contributed by atoms with Crippen LogP contribution in [0.5, 0.6) is 0 Å². The van der Waals surface area contributed by atoms with Gasteiger partial charge in [-0.15, -0.1) is 0 Å². The Bertz CT molecular complexity index is 928. The van der Waals surface area contributed by atoms with Gasteiger partial charge in [-0.3, -0.25) is 9.69 Å². The van der Waals surface area contributed by atoms with Crippen molar-refractivity contribution in [1.82, 2.24) is 4.90 Å². The Hall–Kier alpha value is -3.64. The smallest absolute Gasteiger partial charge is 0.323 e. The van der Waals surface area contributed by atoms with Crippen molar-refractivity contribution in [1.29, 1.82) is 0 Å². The maximum atomic E-state index is 12.2. The maximum Gasteiger partial charge on any atom is 0.323 e. The summed E-state index contributed by atoms with van der Waals surface area (Å²) >= 11 is 0. The van der Waals surface area contributed by atoms with E-state index >= 15 is 0 Å². The zero-order chi connectivity index (χ0) is 20.5. The van der Waals surface area contributed by atoms with E-state index in [-0.39, 0.29) is 18.5 Å².